The van der Waals surface area contributed by atoms with Crippen LogP contribution in [0.15, 0.2) is 78.4 Å². The summed E-state index contributed by atoms with van der Waals surface area (Å²) in [5.74, 6) is -6.18. The number of anilines is 2. The summed E-state index contributed by atoms with van der Waals surface area (Å²) >= 11 is 12.4. The van der Waals surface area contributed by atoms with E-state index in [0.717, 1.165) is 11.0 Å². The first-order valence-electron chi connectivity index (χ1n) is 14.0. The van der Waals surface area contributed by atoms with Gasteiger partial charge in [0.05, 0.1) is 39.6 Å². The maximum Gasteiger partial charge on any atom is 0.241 e. The van der Waals surface area contributed by atoms with Crippen LogP contribution in [0, 0.1) is 34.9 Å². The van der Waals surface area contributed by atoms with Crippen LogP contribution in [0.25, 0.3) is 0 Å². The van der Waals surface area contributed by atoms with E-state index in [1.54, 1.807) is 43.3 Å². The van der Waals surface area contributed by atoms with Crippen molar-refractivity contribution >= 4 is 58.2 Å². The average Bonchev–Trinajstić information content (AvgIpc) is 3.36. The normalized spacial score (nSPS) is 29.9. The number of carbonyl (C=O) groups is 4. The quantitative estimate of drug-likeness (QED) is 0.276. The summed E-state index contributed by atoms with van der Waals surface area (Å²) < 4.78 is 14.0. The standard InChI is InChI=1S/C33H25Cl2FN2O5/c1-33-23(30(41)38(32(33)43)18-8-11-25(36)24(35)14-18)15-21-19(28(33)22-13-16(34)7-12-26(22)39)9-10-20-27(21)31(42)37(29(20)40)17-5-3-2-4-6-17/h2-9,11-14,20-21,23,27-28,39H,10,15H2,1H3/t20-,21+,23-,27-,28+,33+/m0/s1. The first-order valence-corrected chi connectivity index (χ1v) is 14.7. The Hall–Kier alpha value is -4.01. The van der Waals surface area contributed by atoms with Crippen molar-refractivity contribution in [1.29, 1.82) is 0 Å². The molecule has 10 heteroatoms. The Bertz CT molecular complexity index is 1780. The minimum Gasteiger partial charge on any atom is -0.508 e. The van der Waals surface area contributed by atoms with Gasteiger partial charge >= 0.3 is 0 Å². The van der Waals surface area contributed by atoms with Crippen LogP contribution in [0.4, 0.5) is 15.8 Å². The van der Waals surface area contributed by atoms with Gasteiger partial charge in [-0.2, -0.15) is 0 Å². The van der Waals surface area contributed by atoms with Crippen molar-refractivity contribution in [3.05, 3.63) is 99.8 Å². The SMILES string of the molecule is C[C@@]12C(=O)N(c3ccc(F)c(Cl)c3)C(=O)[C@@H]1C[C@@H]1C(=CC[C@@H]3C(=O)N(c4ccccc4)C(=O)[C@@H]31)[C@@H]2c1cc(Cl)ccc1O. The number of rotatable bonds is 3. The Morgan fingerprint density at radius 2 is 1.60 bits per heavy atom. The number of fused-ring (bicyclic) bond motifs is 4. The fourth-order valence-electron chi connectivity index (χ4n) is 7.82. The number of phenolic OH excluding ortho intramolecular Hbond substituents is 1. The molecular weight excluding hydrogens is 594 g/mol. The topological polar surface area (TPSA) is 95.0 Å². The lowest BCUT2D eigenvalue weighted by Gasteiger charge is -2.49. The van der Waals surface area contributed by atoms with E-state index in [1.807, 2.05) is 6.08 Å². The number of amides is 4. The van der Waals surface area contributed by atoms with Gasteiger partial charge in [-0.25, -0.2) is 9.29 Å². The van der Waals surface area contributed by atoms with Gasteiger partial charge in [0.25, 0.3) is 0 Å². The second kappa shape index (κ2) is 9.76. The van der Waals surface area contributed by atoms with E-state index in [2.05, 4.69) is 0 Å². The highest BCUT2D eigenvalue weighted by molar-refractivity contribution is 6.32. The predicted octanol–water partition coefficient (Wildman–Crippen LogP) is 6.27. The number of imide groups is 2. The van der Waals surface area contributed by atoms with E-state index in [1.165, 1.54) is 29.2 Å². The van der Waals surface area contributed by atoms with Crippen molar-refractivity contribution < 1.29 is 28.7 Å². The molecule has 6 atom stereocenters. The van der Waals surface area contributed by atoms with Crippen molar-refractivity contribution in [1.82, 2.24) is 0 Å². The molecule has 2 aliphatic carbocycles. The number of carbonyl (C=O) groups excluding carboxylic acids is 4. The van der Waals surface area contributed by atoms with E-state index >= 15 is 0 Å². The van der Waals surface area contributed by atoms with E-state index in [0.29, 0.717) is 21.8 Å². The van der Waals surface area contributed by atoms with Gasteiger partial charge in [-0.1, -0.05) is 53.1 Å². The Balaban J connectivity index is 1.39. The zero-order valence-electron chi connectivity index (χ0n) is 22.8. The first kappa shape index (κ1) is 27.8. The fraction of sp³-hybridized carbons (Fsp3) is 0.273. The summed E-state index contributed by atoms with van der Waals surface area (Å²) in [6.45, 7) is 1.69. The molecular formula is C33H25Cl2FN2O5. The summed E-state index contributed by atoms with van der Waals surface area (Å²) in [4.78, 5) is 58.5. The molecule has 3 fully saturated rings. The number of allylic oxidation sites excluding steroid dienone is 2. The minimum absolute atomic E-state index is 0.110. The molecule has 4 amide bonds. The van der Waals surface area contributed by atoms with E-state index in [4.69, 9.17) is 23.2 Å². The van der Waals surface area contributed by atoms with Crippen molar-refractivity contribution in [2.45, 2.75) is 25.7 Å². The average molecular weight is 619 g/mol. The monoisotopic (exact) mass is 618 g/mol. The Kier molecular flexibility index (Phi) is 6.31. The van der Waals surface area contributed by atoms with Crippen LogP contribution >= 0.6 is 23.2 Å². The van der Waals surface area contributed by atoms with Gasteiger partial charge < -0.3 is 5.11 Å². The van der Waals surface area contributed by atoms with Crippen LogP contribution in [-0.4, -0.2) is 28.7 Å². The van der Waals surface area contributed by atoms with Crippen molar-refractivity contribution in [2.75, 3.05) is 9.80 Å². The molecule has 7 nitrogen and oxygen atoms in total. The molecule has 218 valence electrons. The minimum atomic E-state index is -1.39. The number of aromatic hydroxyl groups is 1. The first-order chi connectivity index (χ1) is 20.5. The van der Waals surface area contributed by atoms with Gasteiger partial charge in [0.15, 0.2) is 0 Å². The third-order valence-corrected chi connectivity index (χ3v) is 10.3. The summed E-state index contributed by atoms with van der Waals surface area (Å²) in [6.07, 6.45) is 2.30. The van der Waals surface area contributed by atoms with Crippen LogP contribution in [0.3, 0.4) is 0 Å². The highest BCUT2D eigenvalue weighted by Gasteiger charge is 2.68. The maximum atomic E-state index is 14.4. The number of benzene rings is 3. The number of hydrogen-bond acceptors (Lipinski definition) is 5. The fourth-order valence-corrected chi connectivity index (χ4v) is 8.17. The molecule has 2 saturated heterocycles. The molecule has 0 bridgehead atoms. The molecule has 0 spiro atoms. The zero-order chi connectivity index (χ0) is 30.4. The molecule has 1 saturated carbocycles. The second-order valence-electron chi connectivity index (χ2n) is 11.8. The molecule has 2 heterocycles. The zero-order valence-corrected chi connectivity index (χ0v) is 24.3. The van der Waals surface area contributed by atoms with Gasteiger partial charge in [0.2, 0.25) is 23.6 Å². The molecule has 1 N–H and O–H groups in total. The third-order valence-electron chi connectivity index (χ3n) is 9.75. The maximum absolute atomic E-state index is 14.4. The van der Waals surface area contributed by atoms with Gasteiger partial charge in [-0.05, 0) is 74.2 Å². The summed E-state index contributed by atoms with van der Waals surface area (Å²) in [7, 11) is 0. The largest absolute Gasteiger partial charge is 0.508 e. The van der Waals surface area contributed by atoms with Crippen LogP contribution in [-0.2, 0) is 19.2 Å². The lowest BCUT2D eigenvalue weighted by atomic mass is 9.51. The number of hydrogen-bond donors (Lipinski definition) is 1. The highest BCUT2D eigenvalue weighted by atomic mass is 35.5. The van der Waals surface area contributed by atoms with Crippen LogP contribution in [0.1, 0.15) is 31.2 Å². The predicted molar refractivity (Wildman–Crippen MR) is 158 cm³/mol. The molecule has 2 aliphatic heterocycles. The van der Waals surface area contributed by atoms with Crippen molar-refractivity contribution in [2.24, 2.45) is 29.1 Å². The highest BCUT2D eigenvalue weighted by Crippen LogP contribution is 2.64. The molecule has 3 aromatic rings. The molecule has 0 radical (unpaired) electrons. The van der Waals surface area contributed by atoms with Crippen LogP contribution < -0.4 is 9.80 Å². The molecule has 7 rings (SSSR count). The van der Waals surface area contributed by atoms with Gasteiger partial charge in [-0.15, -0.1) is 0 Å². The number of nitrogens with zero attached hydrogens (tertiary/aromatic N) is 2. The molecule has 0 unspecified atom stereocenters. The summed E-state index contributed by atoms with van der Waals surface area (Å²) in [5, 5.41) is 11.2. The lowest BCUT2D eigenvalue weighted by molar-refractivity contribution is -0.131. The number of halogens is 3. The van der Waals surface area contributed by atoms with Crippen LogP contribution in [0.5, 0.6) is 5.75 Å². The number of phenols is 1. The summed E-state index contributed by atoms with van der Waals surface area (Å²) in [6, 6.07) is 16.9. The molecule has 4 aliphatic rings. The molecule has 43 heavy (non-hydrogen) atoms. The third kappa shape index (κ3) is 3.85. The van der Waals surface area contributed by atoms with E-state index < -0.39 is 52.6 Å². The Morgan fingerprint density at radius 1 is 0.860 bits per heavy atom. The van der Waals surface area contributed by atoms with Gasteiger partial charge in [-0.3, -0.25) is 24.1 Å². The van der Waals surface area contributed by atoms with Crippen molar-refractivity contribution in [3.63, 3.8) is 0 Å². The molecule has 0 aromatic heterocycles. The Morgan fingerprint density at radius 3 is 2.33 bits per heavy atom. The van der Waals surface area contributed by atoms with Crippen LogP contribution in [0.2, 0.25) is 10.0 Å². The van der Waals surface area contributed by atoms with E-state index in [-0.39, 0.29) is 41.1 Å². The smallest absolute Gasteiger partial charge is 0.241 e. The Labute approximate surface area is 256 Å². The van der Waals surface area contributed by atoms with Crippen molar-refractivity contribution in [3.8, 4) is 5.75 Å². The summed E-state index contributed by atoms with van der Waals surface area (Å²) in [5.41, 5.74) is 0.285. The molecule has 3 aromatic carbocycles. The van der Waals surface area contributed by atoms with E-state index in [9.17, 15) is 28.7 Å². The second-order valence-corrected chi connectivity index (χ2v) is 12.7. The van der Waals surface area contributed by atoms with Gasteiger partial charge in [0, 0.05) is 16.5 Å². The lowest BCUT2D eigenvalue weighted by Crippen LogP contribution is -2.48. The van der Waals surface area contributed by atoms with Gasteiger partial charge in [0.1, 0.15) is 11.6 Å². The number of para-hydroxylation sites is 1.